The summed E-state index contributed by atoms with van der Waals surface area (Å²) in [5.41, 5.74) is 0.836. The van der Waals surface area contributed by atoms with Crippen molar-refractivity contribution in [1.82, 2.24) is 0 Å². The Morgan fingerprint density at radius 1 is 1.22 bits per heavy atom. The van der Waals surface area contributed by atoms with E-state index in [1.807, 2.05) is 0 Å². The minimum absolute atomic E-state index is 0.133. The van der Waals surface area contributed by atoms with Crippen molar-refractivity contribution in [2.75, 3.05) is 6.16 Å². The van der Waals surface area contributed by atoms with Gasteiger partial charge in [-0.2, -0.15) is 0 Å². The van der Waals surface area contributed by atoms with E-state index in [0.29, 0.717) is 0 Å². The Labute approximate surface area is 67.9 Å². The molecule has 0 spiro atoms. The quantitative estimate of drug-likeness (QED) is 0.622. The van der Waals surface area contributed by atoms with E-state index in [-0.39, 0.29) is 6.62 Å². The van der Waals surface area contributed by atoms with Crippen LogP contribution in [0, 0.1) is 5.92 Å². The number of hydrogen-bond acceptors (Lipinski definition) is 0. The third kappa shape index (κ3) is 5.36. The summed E-state index contributed by atoms with van der Waals surface area (Å²) in [6.45, 7) is 9.25. The van der Waals surface area contributed by atoms with Gasteiger partial charge < -0.3 is 0 Å². The molecule has 0 fully saturated rings. The maximum absolute atomic E-state index is 3.71. The van der Waals surface area contributed by atoms with E-state index >= 15 is 0 Å². The maximum atomic E-state index is 3.71. The van der Waals surface area contributed by atoms with Crippen molar-refractivity contribution >= 4 is 22.1 Å². The first-order valence-electron chi connectivity index (χ1n) is 3.46. The second kappa shape index (κ2) is 4.68. The van der Waals surface area contributed by atoms with Crippen LogP contribution in [-0.2, 0) is 0 Å². The van der Waals surface area contributed by atoms with Gasteiger partial charge in [-0.1, -0.05) is 43.2 Å². The van der Waals surface area contributed by atoms with Crippen LogP contribution in [0.15, 0.2) is 0 Å². The Bertz CT molecular complexity index is 71.3. The first-order chi connectivity index (χ1) is 4.04. The minimum atomic E-state index is 0.133. The highest BCUT2D eigenvalue weighted by Gasteiger charge is 2.09. The van der Waals surface area contributed by atoms with Crippen molar-refractivity contribution in [2.45, 2.75) is 33.4 Å². The molecule has 0 amide bonds. The zero-order valence-corrected chi connectivity index (χ0v) is 9.17. The summed E-state index contributed by atoms with van der Waals surface area (Å²) in [6, 6.07) is 0. The van der Waals surface area contributed by atoms with Crippen LogP contribution in [0.3, 0.4) is 0 Å². The molecule has 1 unspecified atom stereocenters. The summed E-state index contributed by atoms with van der Waals surface area (Å²) in [6.07, 6.45) is 1.35. The topological polar surface area (TPSA) is 0 Å². The van der Waals surface area contributed by atoms with Crippen molar-refractivity contribution in [3.8, 4) is 0 Å². The van der Waals surface area contributed by atoms with Crippen LogP contribution < -0.4 is 0 Å². The van der Waals surface area contributed by atoms with Gasteiger partial charge in [0, 0.05) is 0 Å². The van der Waals surface area contributed by atoms with E-state index in [1.165, 1.54) is 6.16 Å². The van der Waals surface area contributed by atoms with Crippen molar-refractivity contribution < 1.29 is 0 Å². The van der Waals surface area contributed by atoms with Gasteiger partial charge in [-0.15, -0.1) is 0 Å². The Morgan fingerprint density at radius 2 is 1.67 bits per heavy atom. The van der Waals surface area contributed by atoms with Gasteiger partial charge in [0.2, 0.25) is 0 Å². The highest BCUT2D eigenvalue weighted by molar-refractivity contribution is 9.39. The molecule has 0 aliphatic rings. The highest BCUT2D eigenvalue weighted by Crippen LogP contribution is 2.49. The van der Waals surface area contributed by atoms with Gasteiger partial charge in [-0.05, 0) is 24.4 Å². The van der Waals surface area contributed by atoms with Crippen LogP contribution in [0.25, 0.3) is 0 Å². The van der Waals surface area contributed by atoms with Gasteiger partial charge in [-0.25, -0.2) is 0 Å². The average Bonchev–Trinajstić information content (AvgIpc) is 1.63. The van der Waals surface area contributed by atoms with Gasteiger partial charge in [0.25, 0.3) is 0 Å². The molecule has 0 aliphatic heterocycles. The molecule has 0 aromatic rings. The average molecular weight is 211 g/mol. The summed E-state index contributed by atoms with van der Waals surface area (Å²) in [5, 5.41) is 0. The molecular weight excluding hydrogens is 195 g/mol. The first-order valence-corrected chi connectivity index (χ1v) is 7.08. The summed E-state index contributed by atoms with van der Waals surface area (Å²) in [7, 11) is 0. The van der Waals surface area contributed by atoms with E-state index in [9.17, 15) is 0 Å². The van der Waals surface area contributed by atoms with Crippen LogP contribution in [0.2, 0.25) is 0 Å². The molecule has 0 radical (unpaired) electrons. The van der Waals surface area contributed by atoms with Gasteiger partial charge >= 0.3 is 0 Å². The van der Waals surface area contributed by atoms with E-state index < -0.39 is 0 Å². The highest BCUT2D eigenvalue weighted by atomic mass is 79.9. The van der Waals surface area contributed by atoms with Crippen LogP contribution in [0.5, 0.6) is 0 Å². The first kappa shape index (κ1) is 9.91. The fourth-order valence-electron chi connectivity index (χ4n) is 0.560. The lowest BCUT2D eigenvalue weighted by Crippen LogP contribution is -1.97. The van der Waals surface area contributed by atoms with Gasteiger partial charge in [0.1, 0.15) is 0 Å². The van der Waals surface area contributed by atoms with Gasteiger partial charge in [0.15, 0.2) is 0 Å². The van der Waals surface area contributed by atoms with Crippen LogP contribution >= 0.6 is 22.1 Å². The molecule has 2 heteroatoms. The maximum Gasteiger partial charge on any atom is -0.0168 e. The van der Waals surface area contributed by atoms with E-state index in [4.69, 9.17) is 0 Å². The second-order valence-corrected chi connectivity index (χ2v) is 8.00. The number of hydrogen-bond donors (Lipinski definition) is 0. The Hall–Kier alpha value is 0.910. The molecule has 0 saturated carbocycles. The van der Waals surface area contributed by atoms with Crippen molar-refractivity contribution in [3.05, 3.63) is 0 Å². The molecular formula is C7H16BrP. The third-order valence-electron chi connectivity index (χ3n) is 1.10. The molecule has 0 heterocycles. The number of rotatable bonds is 3. The van der Waals surface area contributed by atoms with Gasteiger partial charge in [-0.3, -0.25) is 0 Å². The lowest BCUT2D eigenvalue weighted by Gasteiger charge is -2.15. The van der Waals surface area contributed by atoms with Crippen LogP contribution in [0.4, 0.5) is 0 Å². The molecule has 0 saturated heterocycles. The molecule has 0 rings (SSSR count). The minimum Gasteiger partial charge on any atom is -0.0624 e. The molecule has 0 bridgehead atoms. The fourth-order valence-corrected chi connectivity index (χ4v) is 3.42. The Kier molecular flexibility index (Phi) is 5.16. The second-order valence-electron chi connectivity index (χ2n) is 3.07. The van der Waals surface area contributed by atoms with E-state index in [0.717, 1.165) is 11.6 Å². The molecule has 0 aromatic heterocycles. The summed E-state index contributed by atoms with van der Waals surface area (Å²) in [4.78, 5) is 0. The van der Waals surface area contributed by atoms with Crippen LogP contribution in [-0.4, -0.2) is 11.8 Å². The smallest absolute Gasteiger partial charge is 0.0168 e. The predicted octanol–water partition coefficient (Wildman–Crippen LogP) is 3.84. The third-order valence-corrected chi connectivity index (χ3v) is 6.63. The largest absolute Gasteiger partial charge is 0.0624 e. The molecule has 0 aliphatic carbocycles. The lowest BCUT2D eigenvalue weighted by molar-refractivity contribution is 0.744. The molecule has 56 valence electrons. The zero-order valence-electron chi connectivity index (χ0n) is 6.69. The molecule has 9 heavy (non-hydrogen) atoms. The molecule has 0 nitrogen and oxygen atoms in total. The summed E-state index contributed by atoms with van der Waals surface area (Å²) in [5.74, 6) is 0.845. The zero-order chi connectivity index (χ0) is 7.44. The Morgan fingerprint density at radius 3 is 1.78 bits per heavy atom. The van der Waals surface area contributed by atoms with Crippen molar-refractivity contribution in [2.24, 2.45) is 5.92 Å². The molecule has 0 N–H and O–H groups in total. The van der Waals surface area contributed by atoms with Crippen LogP contribution in [0.1, 0.15) is 27.7 Å². The molecule has 1 atom stereocenters. The normalized spacial score (nSPS) is 15.0. The lowest BCUT2D eigenvalue weighted by atomic mass is 10.3. The fraction of sp³-hybridized carbons (Fsp3) is 1.00. The van der Waals surface area contributed by atoms with Gasteiger partial charge in [0.05, 0.1) is 0 Å². The SMILES string of the molecule is CC(C)CP(Br)C(C)C. The monoisotopic (exact) mass is 210 g/mol. The summed E-state index contributed by atoms with van der Waals surface area (Å²) < 4.78 is 0. The van der Waals surface area contributed by atoms with E-state index in [2.05, 4.69) is 43.2 Å². The summed E-state index contributed by atoms with van der Waals surface area (Å²) >= 11 is 3.71. The standard InChI is InChI=1S/C7H16BrP/c1-6(2)5-9(8)7(3)4/h6-7H,5H2,1-4H3. The number of halogens is 1. The predicted molar refractivity (Wildman–Crippen MR) is 50.7 cm³/mol. The molecule has 0 aromatic carbocycles. The van der Waals surface area contributed by atoms with Crippen molar-refractivity contribution in [3.63, 3.8) is 0 Å². The Balaban J connectivity index is 3.38. The van der Waals surface area contributed by atoms with E-state index in [1.54, 1.807) is 0 Å². The van der Waals surface area contributed by atoms with Crippen molar-refractivity contribution in [1.29, 1.82) is 0 Å².